The fraction of sp³-hybridized carbons (Fsp3) is 0.632. The van der Waals surface area contributed by atoms with Crippen LogP contribution >= 0.6 is 0 Å². The van der Waals surface area contributed by atoms with Crippen molar-refractivity contribution in [3.63, 3.8) is 0 Å². The zero-order valence-electron chi connectivity index (χ0n) is 15.2. The third kappa shape index (κ3) is 3.25. The normalized spacial score (nSPS) is 33.7. The summed E-state index contributed by atoms with van der Waals surface area (Å²) >= 11 is 0. The van der Waals surface area contributed by atoms with Gasteiger partial charge in [0.1, 0.15) is 23.8 Å². The topological polar surface area (TPSA) is 60.0 Å². The summed E-state index contributed by atoms with van der Waals surface area (Å²) in [5.74, 6) is 0.395. The Morgan fingerprint density at radius 3 is 3.00 bits per heavy atom. The first-order valence-corrected chi connectivity index (χ1v) is 9.21. The maximum atomic E-state index is 13.4. The van der Waals surface area contributed by atoms with Crippen molar-refractivity contribution in [3.8, 4) is 5.75 Å². The summed E-state index contributed by atoms with van der Waals surface area (Å²) in [6.45, 7) is 6.08. The maximum Gasteiger partial charge on any atom is 0.317 e. The first kappa shape index (κ1) is 17.5. The van der Waals surface area contributed by atoms with E-state index in [4.69, 9.17) is 14.2 Å². The molecule has 0 radical (unpaired) electrons. The van der Waals surface area contributed by atoms with Gasteiger partial charge in [0.2, 0.25) is 0 Å². The van der Waals surface area contributed by atoms with Crippen LogP contribution in [0, 0.1) is 5.82 Å². The zero-order chi connectivity index (χ0) is 18.3. The number of rotatable bonds is 1. The maximum absolute atomic E-state index is 13.4. The van der Waals surface area contributed by atoms with Gasteiger partial charge in [0.05, 0.1) is 24.8 Å². The zero-order valence-corrected chi connectivity index (χ0v) is 15.2. The van der Waals surface area contributed by atoms with E-state index in [-0.39, 0.29) is 30.1 Å². The number of nitrogens with zero attached hydrogens (tertiary/aromatic N) is 1. The van der Waals surface area contributed by atoms with Gasteiger partial charge in [-0.2, -0.15) is 0 Å². The molecule has 142 valence electrons. The molecule has 0 saturated carbocycles. The molecule has 0 aliphatic carbocycles. The van der Waals surface area contributed by atoms with E-state index in [1.165, 1.54) is 12.1 Å². The Morgan fingerprint density at radius 2 is 2.23 bits per heavy atom. The Hall–Kier alpha value is -1.86. The molecule has 1 aromatic carbocycles. The number of urea groups is 1. The molecular formula is C19H25FN2O4. The van der Waals surface area contributed by atoms with E-state index in [0.29, 0.717) is 38.5 Å². The van der Waals surface area contributed by atoms with E-state index in [1.54, 1.807) is 11.0 Å². The number of morpholine rings is 1. The number of benzene rings is 1. The summed E-state index contributed by atoms with van der Waals surface area (Å²) in [5.41, 5.74) is 0.361. The van der Waals surface area contributed by atoms with Crippen molar-refractivity contribution in [2.45, 2.75) is 50.5 Å². The summed E-state index contributed by atoms with van der Waals surface area (Å²) in [7, 11) is 0. The second kappa shape index (κ2) is 6.70. The first-order chi connectivity index (χ1) is 12.4. The minimum atomic E-state index is -0.423. The fourth-order valence-corrected chi connectivity index (χ4v) is 4.18. The molecule has 7 heteroatoms. The van der Waals surface area contributed by atoms with Gasteiger partial charge in [-0.05, 0) is 44.0 Å². The van der Waals surface area contributed by atoms with Crippen LogP contribution in [0.15, 0.2) is 18.2 Å². The van der Waals surface area contributed by atoms with E-state index in [2.05, 4.69) is 5.32 Å². The first-order valence-electron chi connectivity index (χ1n) is 9.21. The van der Waals surface area contributed by atoms with Gasteiger partial charge in [0.15, 0.2) is 0 Å². The molecule has 3 heterocycles. The van der Waals surface area contributed by atoms with Crippen molar-refractivity contribution >= 4 is 6.03 Å². The van der Waals surface area contributed by atoms with Gasteiger partial charge in [-0.15, -0.1) is 0 Å². The van der Waals surface area contributed by atoms with Crippen LogP contribution in [-0.4, -0.2) is 61.1 Å². The summed E-state index contributed by atoms with van der Waals surface area (Å²) in [6.07, 6.45) is 1.27. The van der Waals surface area contributed by atoms with Gasteiger partial charge >= 0.3 is 6.03 Å². The van der Waals surface area contributed by atoms with Gasteiger partial charge in [-0.25, -0.2) is 9.18 Å². The van der Waals surface area contributed by atoms with Crippen LogP contribution in [0.4, 0.5) is 9.18 Å². The third-order valence-electron chi connectivity index (χ3n) is 5.55. The van der Waals surface area contributed by atoms with Crippen LogP contribution in [0.5, 0.6) is 5.75 Å². The van der Waals surface area contributed by atoms with E-state index in [9.17, 15) is 9.18 Å². The summed E-state index contributed by atoms with van der Waals surface area (Å²) in [6, 6.07) is 4.18. The van der Waals surface area contributed by atoms with Crippen molar-refractivity contribution in [2.24, 2.45) is 0 Å². The van der Waals surface area contributed by atoms with E-state index in [0.717, 1.165) is 12.0 Å². The number of carbonyl (C=O) groups is 1. The number of carbonyl (C=O) groups excluding carboxylic acids is 1. The number of nitrogens with one attached hydrogen (secondary N) is 1. The average Bonchev–Trinajstić information content (AvgIpc) is 2.93. The minimum Gasteiger partial charge on any atom is -0.491 e. The van der Waals surface area contributed by atoms with Crippen molar-refractivity contribution in [3.05, 3.63) is 29.6 Å². The van der Waals surface area contributed by atoms with Crippen molar-refractivity contribution in [1.29, 1.82) is 0 Å². The number of fused-ring (bicyclic) bond motifs is 1. The number of ether oxygens (including phenoxy) is 3. The van der Waals surface area contributed by atoms with Crippen molar-refractivity contribution in [2.75, 3.05) is 26.3 Å². The van der Waals surface area contributed by atoms with Crippen LogP contribution in [0.25, 0.3) is 0 Å². The molecule has 4 unspecified atom stereocenters. The van der Waals surface area contributed by atoms with Gasteiger partial charge in [0, 0.05) is 19.6 Å². The summed E-state index contributed by atoms with van der Waals surface area (Å²) < 4.78 is 31.0. The summed E-state index contributed by atoms with van der Waals surface area (Å²) in [4.78, 5) is 14.6. The molecule has 6 nitrogen and oxygen atoms in total. The highest BCUT2D eigenvalue weighted by molar-refractivity contribution is 5.75. The van der Waals surface area contributed by atoms with Gasteiger partial charge < -0.3 is 24.4 Å². The predicted octanol–water partition coefficient (Wildman–Crippen LogP) is 2.11. The van der Waals surface area contributed by atoms with Crippen molar-refractivity contribution in [1.82, 2.24) is 10.2 Å². The Bertz CT molecular complexity index is 700. The lowest BCUT2D eigenvalue weighted by atomic mass is 9.93. The molecule has 1 aromatic rings. The fourth-order valence-electron chi connectivity index (χ4n) is 4.18. The molecule has 2 fully saturated rings. The Morgan fingerprint density at radius 1 is 1.38 bits per heavy atom. The lowest BCUT2D eigenvalue weighted by Crippen LogP contribution is -2.62. The van der Waals surface area contributed by atoms with Crippen molar-refractivity contribution < 1.29 is 23.4 Å². The summed E-state index contributed by atoms with van der Waals surface area (Å²) in [5, 5.41) is 3.03. The molecule has 0 aromatic heterocycles. The van der Waals surface area contributed by atoms with Gasteiger partial charge in [0.25, 0.3) is 0 Å². The highest BCUT2D eigenvalue weighted by Crippen LogP contribution is 2.35. The minimum absolute atomic E-state index is 0.0339. The Labute approximate surface area is 152 Å². The smallest absolute Gasteiger partial charge is 0.317 e. The molecular weight excluding hydrogens is 339 g/mol. The van der Waals surface area contributed by atoms with E-state index < -0.39 is 5.60 Å². The Balaban J connectivity index is 1.42. The molecule has 1 spiro atoms. The van der Waals surface area contributed by atoms with Gasteiger partial charge in [-0.3, -0.25) is 0 Å². The highest BCUT2D eigenvalue weighted by atomic mass is 19.1. The van der Waals surface area contributed by atoms with Gasteiger partial charge in [-0.1, -0.05) is 0 Å². The largest absolute Gasteiger partial charge is 0.491 e. The Kier molecular flexibility index (Phi) is 4.52. The van der Waals surface area contributed by atoms with Crippen LogP contribution in [0.3, 0.4) is 0 Å². The highest BCUT2D eigenvalue weighted by Gasteiger charge is 2.49. The molecule has 3 aliphatic heterocycles. The molecule has 2 amide bonds. The molecule has 1 N–H and O–H groups in total. The lowest BCUT2D eigenvalue weighted by molar-refractivity contribution is -0.159. The van der Waals surface area contributed by atoms with Crippen LogP contribution in [-0.2, 0) is 15.9 Å². The van der Waals surface area contributed by atoms with Crippen LogP contribution < -0.4 is 10.1 Å². The second-order valence-electron chi connectivity index (χ2n) is 7.55. The average molecular weight is 364 g/mol. The van der Waals surface area contributed by atoms with Crippen LogP contribution in [0.2, 0.25) is 0 Å². The molecule has 2 saturated heterocycles. The van der Waals surface area contributed by atoms with Crippen LogP contribution in [0.1, 0.15) is 25.8 Å². The number of hydrogen-bond donors (Lipinski definition) is 1. The number of halogens is 1. The third-order valence-corrected chi connectivity index (χ3v) is 5.55. The number of amides is 2. The molecule has 4 rings (SSSR count). The molecule has 4 atom stereocenters. The second-order valence-corrected chi connectivity index (χ2v) is 7.55. The monoisotopic (exact) mass is 364 g/mol. The van der Waals surface area contributed by atoms with E-state index >= 15 is 0 Å². The lowest BCUT2D eigenvalue weighted by Gasteiger charge is -2.45. The standard InChI is InChI=1S/C19H25FN2O4/c1-12-9-22(11-19(26-12)5-6-24-13(19)2)18(23)21-16-8-14-7-15(20)3-4-17(14)25-10-16/h3-4,7,12-13,16H,5-6,8-11H2,1-2H3,(H,21,23). The van der Waals surface area contributed by atoms with E-state index in [1.807, 2.05) is 13.8 Å². The predicted molar refractivity (Wildman–Crippen MR) is 92.8 cm³/mol. The molecule has 0 bridgehead atoms. The SMILES string of the molecule is CC1CN(C(=O)NC2COc3ccc(F)cc3C2)CC2(CCOC2C)O1. The molecule has 3 aliphatic rings. The number of hydrogen-bond acceptors (Lipinski definition) is 4. The quantitative estimate of drug-likeness (QED) is 0.829. The molecule has 26 heavy (non-hydrogen) atoms.